The van der Waals surface area contributed by atoms with Crippen LogP contribution in [-0.2, 0) is 4.74 Å². The Morgan fingerprint density at radius 1 is 1.16 bits per heavy atom. The van der Waals surface area contributed by atoms with Crippen LogP contribution >= 0.6 is 0 Å². The molecule has 1 N–H and O–H groups in total. The molecule has 1 rings (SSSR count). The number of hydrogen-bond acceptors (Lipinski definition) is 2. The first kappa shape index (κ1) is 16.3. The predicted molar refractivity (Wildman–Crippen MR) is 79.2 cm³/mol. The van der Waals surface area contributed by atoms with Gasteiger partial charge in [-0.05, 0) is 51.4 Å². The number of carbonyl (C=O) groups excluding carboxylic acids is 1. The Bertz CT molecular complexity index is 299. The Balaban J connectivity index is 2.41. The maximum absolute atomic E-state index is 11.8. The van der Waals surface area contributed by atoms with Crippen molar-refractivity contribution in [2.24, 2.45) is 11.3 Å². The maximum Gasteiger partial charge on any atom is 0.407 e. The Hall–Kier alpha value is -0.730. The molecule has 1 aliphatic carbocycles. The molecule has 1 amide bonds. The van der Waals surface area contributed by atoms with E-state index in [-0.39, 0.29) is 12.1 Å². The summed E-state index contributed by atoms with van der Waals surface area (Å²) in [7, 11) is 0. The van der Waals surface area contributed by atoms with Crippen molar-refractivity contribution in [3.8, 4) is 0 Å². The van der Waals surface area contributed by atoms with Crippen molar-refractivity contribution in [1.29, 1.82) is 0 Å². The number of hydrogen-bond donors (Lipinski definition) is 1. The fraction of sp³-hybridized carbons (Fsp3) is 0.938. The molecule has 0 aromatic rings. The lowest BCUT2D eigenvalue weighted by molar-refractivity contribution is 0.0480. The van der Waals surface area contributed by atoms with Gasteiger partial charge in [-0.3, -0.25) is 0 Å². The average Bonchev–Trinajstić information content (AvgIpc) is 2.11. The highest BCUT2D eigenvalue weighted by Crippen LogP contribution is 2.34. The molecule has 1 fully saturated rings. The molecule has 0 aromatic heterocycles. The summed E-state index contributed by atoms with van der Waals surface area (Å²) in [5.41, 5.74) is -0.0396. The van der Waals surface area contributed by atoms with Crippen molar-refractivity contribution in [2.45, 2.75) is 85.3 Å². The topological polar surface area (TPSA) is 38.3 Å². The molecule has 0 radical (unpaired) electrons. The number of rotatable bonds is 2. The van der Waals surface area contributed by atoms with Crippen LogP contribution in [0.15, 0.2) is 0 Å². The summed E-state index contributed by atoms with van der Waals surface area (Å²) < 4.78 is 5.33. The maximum atomic E-state index is 11.8. The van der Waals surface area contributed by atoms with Crippen LogP contribution in [0.25, 0.3) is 0 Å². The zero-order valence-electron chi connectivity index (χ0n) is 13.5. The van der Waals surface area contributed by atoms with Crippen LogP contribution in [0, 0.1) is 11.3 Å². The largest absolute Gasteiger partial charge is 0.444 e. The molecule has 0 unspecified atom stereocenters. The summed E-state index contributed by atoms with van der Waals surface area (Å²) in [4.78, 5) is 11.8. The van der Waals surface area contributed by atoms with Crippen molar-refractivity contribution in [2.75, 3.05) is 0 Å². The Labute approximate surface area is 118 Å². The summed E-state index contributed by atoms with van der Waals surface area (Å²) in [6, 6.07) is 0.288. The quantitative estimate of drug-likeness (QED) is 0.801. The summed E-state index contributed by atoms with van der Waals surface area (Å²) in [6.07, 6.45) is 5.65. The van der Waals surface area contributed by atoms with Crippen LogP contribution in [0.1, 0.15) is 73.6 Å². The number of carbonyl (C=O) groups is 1. The van der Waals surface area contributed by atoms with E-state index < -0.39 is 5.60 Å². The van der Waals surface area contributed by atoms with Gasteiger partial charge in [-0.1, -0.05) is 33.6 Å². The van der Waals surface area contributed by atoms with Gasteiger partial charge in [0.1, 0.15) is 5.60 Å². The molecule has 1 saturated carbocycles. The molecule has 1 aliphatic rings. The predicted octanol–water partition coefficient (Wildman–Crippen LogP) is 4.51. The molecule has 0 spiro atoms. The van der Waals surface area contributed by atoms with Gasteiger partial charge in [0, 0.05) is 6.04 Å². The highest BCUT2D eigenvalue weighted by Gasteiger charge is 2.27. The second kappa shape index (κ2) is 6.15. The molecule has 0 bridgehead atoms. The second-order valence-electron chi connectivity index (χ2n) is 8.14. The Morgan fingerprint density at radius 2 is 1.79 bits per heavy atom. The fourth-order valence-corrected chi connectivity index (χ4v) is 2.95. The van der Waals surface area contributed by atoms with Gasteiger partial charge in [0.05, 0.1) is 0 Å². The normalized spacial score (nSPS) is 24.9. The number of amides is 1. The first-order chi connectivity index (χ1) is 8.55. The van der Waals surface area contributed by atoms with Crippen molar-refractivity contribution in [1.82, 2.24) is 5.32 Å². The Kier molecular flexibility index (Phi) is 5.28. The van der Waals surface area contributed by atoms with Crippen LogP contribution in [-0.4, -0.2) is 17.7 Å². The third-order valence-electron chi connectivity index (χ3n) is 3.40. The van der Waals surface area contributed by atoms with Crippen molar-refractivity contribution >= 4 is 6.09 Å². The van der Waals surface area contributed by atoms with Crippen molar-refractivity contribution in [3.05, 3.63) is 0 Å². The molecule has 112 valence electrons. The number of nitrogens with one attached hydrogen (secondary N) is 1. The van der Waals surface area contributed by atoms with Crippen LogP contribution in [0.5, 0.6) is 0 Å². The number of alkyl carbamates (subject to hydrolysis) is 1. The first-order valence-electron chi connectivity index (χ1n) is 7.55. The zero-order chi connectivity index (χ0) is 14.7. The van der Waals surface area contributed by atoms with Gasteiger partial charge in [0.2, 0.25) is 0 Å². The molecule has 0 saturated heterocycles. The van der Waals surface area contributed by atoms with Crippen LogP contribution in [0.2, 0.25) is 0 Å². The SMILES string of the molecule is CC(C)(C)C[C@H]1CCC[C@H](NC(=O)OC(C)(C)C)C1. The van der Waals surface area contributed by atoms with Crippen LogP contribution < -0.4 is 5.32 Å². The van der Waals surface area contributed by atoms with Crippen molar-refractivity contribution in [3.63, 3.8) is 0 Å². The Morgan fingerprint density at radius 3 is 2.32 bits per heavy atom. The smallest absolute Gasteiger partial charge is 0.407 e. The molecule has 2 atom stereocenters. The molecular formula is C16H31NO2. The molecule has 0 aliphatic heterocycles. The van der Waals surface area contributed by atoms with E-state index >= 15 is 0 Å². The third-order valence-corrected chi connectivity index (χ3v) is 3.40. The van der Waals surface area contributed by atoms with E-state index in [0.29, 0.717) is 5.41 Å². The van der Waals surface area contributed by atoms with Gasteiger partial charge in [-0.25, -0.2) is 4.79 Å². The lowest BCUT2D eigenvalue weighted by atomic mass is 9.76. The molecule has 19 heavy (non-hydrogen) atoms. The van der Waals surface area contributed by atoms with E-state index in [9.17, 15) is 4.79 Å². The monoisotopic (exact) mass is 269 g/mol. The second-order valence-corrected chi connectivity index (χ2v) is 8.14. The van der Waals surface area contributed by atoms with Gasteiger partial charge >= 0.3 is 6.09 Å². The van der Waals surface area contributed by atoms with Gasteiger partial charge < -0.3 is 10.1 Å². The fourth-order valence-electron chi connectivity index (χ4n) is 2.95. The summed E-state index contributed by atoms with van der Waals surface area (Å²) in [5, 5.41) is 3.03. The molecule has 3 nitrogen and oxygen atoms in total. The van der Waals surface area contributed by atoms with Crippen LogP contribution in [0.3, 0.4) is 0 Å². The van der Waals surface area contributed by atoms with E-state index in [0.717, 1.165) is 18.8 Å². The third kappa shape index (κ3) is 7.44. The average molecular weight is 269 g/mol. The highest BCUT2D eigenvalue weighted by atomic mass is 16.6. The summed E-state index contributed by atoms with van der Waals surface area (Å²) in [6.45, 7) is 12.6. The standard InChI is InChI=1S/C16H31NO2/c1-15(2,3)11-12-8-7-9-13(10-12)17-14(18)19-16(4,5)6/h12-13H,7-11H2,1-6H3,(H,17,18)/t12-,13-/m0/s1. The lowest BCUT2D eigenvalue weighted by Gasteiger charge is -2.34. The van der Waals surface area contributed by atoms with E-state index in [1.165, 1.54) is 19.3 Å². The molecule has 3 heteroatoms. The van der Waals surface area contributed by atoms with Crippen molar-refractivity contribution < 1.29 is 9.53 Å². The molecule has 0 heterocycles. The summed E-state index contributed by atoms with van der Waals surface area (Å²) >= 11 is 0. The van der Waals surface area contributed by atoms with Gasteiger partial charge in [-0.2, -0.15) is 0 Å². The molecule has 0 aromatic carbocycles. The lowest BCUT2D eigenvalue weighted by Crippen LogP contribution is -2.41. The minimum Gasteiger partial charge on any atom is -0.444 e. The highest BCUT2D eigenvalue weighted by molar-refractivity contribution is 5.68. The van der Waals surface area contributed by atoms with Gasteiger partial charge in [0.15, 0.2) is 0 Å². The van der Waals surface area contributed by atoms with E-state index in [2.05, 4.69) is 26.1 Å². The van der Waals surface area contributed by atoms with E-state index in [1.54, 1.807) is 0 Å². The zero-order valence-corrected chi connectivity index (χ0v) is 13.5. The van der Waals surface area contributed by atoms with Gasteiger partial charge in [-0.15, -0.1) is 0 Å². The number of ether oxygens (including phenoxy) is 1. The van der Waals surface area contributed by atoms with Crippen LogP contribution in [0.4, 0.5) is 4.79 Å². The first-order valence-corrected chi connectivity index (χ1v) is 7.55. The minimum atomic E-state index is -0.413. The summed E-state index contributed by atoms with van der Waals surface area (Å²) in [5.74, 6) is 0.730. The van der Waals surface area contributed by atoms with E-state index in [1.807, 2.05) is 20.8 Å². The van der Waals surface area contributed by atoms with E-state index in [4.69, 9.17) is 4.74 Å². The van der Waals surface area contributed by atoms with Gasteiger partial charge in [0.25, 0.3) is 0 Å². The molecular weight excluding hydrogens is 238 g/mol. The minimum absolute atomic E-state index is 0.270.